The summed E-state index contributed by atoms with van der Waals surface area (Å²) in [5.41, 5.74) is 5.84. The van der Waals surface area contributed by atoms with Gasteiger partial charge in [-0.1, -0.05) is 35.9 Å². The summed E-state index contributed by atoms with van der Waals surface area (Å²) in [5.74, 6) is 1.90. The summed E-state index contributed by atoms with van der Waals surface area (Å²) >= 11 is 6.10. The molecule has 0 radical (unpaired) electrons. The van der Waals surface area contributed by atoms with Crippen LogP contribution in [0.25, 0.3) is 11.1 Å². The van der Waals surface area contributed by atoms with Crippen molar-refractivity contribution in [2.45, 2.75) is 32.2 Å². The predicted octanol–water partition coefficient (Wildman–Crippen LogP) is 5.54. The Morgan fingerprint density at radius 1 is 1.10 bits per heavy atom. The number of ketones is 1. The Labute approximate surface area is 180 Å². The summed E-state index contributed by atoms with van der Waals surface area (Å²) in [5, 5.41) is 9.13. The Balaban J connectivity index is 1.71. The van der Waals surface area contributed by atoms with Crippen molar-refractivity contribution in [1.29, 1.82) is 0 Å². The van der Waals surface area contributed by atoms with E-state index in [1.165, 1.54) is 0 Å². The van der Waals surface area contributed by atoms with Crippen LogP contribution in [0, 0.1) is 6.92 Å². The van der Waals surface area contributed by atoms with Crippen LogP contribution in [-0.4, -0.2) is 22.7 Å². The molecule has 0 bridgehead atoms. The highest BCUT2D eigenvalue weighted by atomic mass is 35.5. The molecule has 3 aromatic rings. The van der Waals surface area contributed by atoms with E-state index in [2.05, 4.69) is 5.32 Å². The molecule has 0 amide bonds. The maximum atomic E-state index is 13.0. The number of hydrogen-bond acceptors (Lipinski definition) is 4. The standard InChI is InChI=1S/C24H22ClN3O2/c1-14-21(15-6-10-17(25)11-7-15)24-26-19-4-3-5-20(29)22(19)23(28(24)27-14)16-8-12-18(30-2)13-9-16/h6-13,23,26H,3-5H2,1-2H3. The SMILES string of the molecule is COc1ccc(C2C3=C(CCCC3=O)Nc3c(-c4ccc(Cl)cc4)c(C)nn32)cc1. The predicted molar refractivity (Wildman–Crippen MR) is 118 cm³/mol. The molecule has 0 saturated carbocycles. The van der Waals surface area contributed by atoms with Gasteiger partial charge in [-0.2, -0.15) is 5.10 Å². The summed E-state index contributed by atoms with van der Waals surface area (Å²) < 4.78 is 7.28. The number of Topliss-reactive ketones (excluding diaryl/α,β-unsaturated/α-hetero) is 1. The smallest absolute Gasteiger partial charge is 0.163 e. The van der Waals surface area contributed by atoms with Gasteiger partial charge in [0.15, 0.2) is 5.78 Å². The summed E-state index contributed by atoms with van der Waals surface area (Å²) in [7, 11) is 1.65. The minimum absolute atomic E-state index is 0.191. The summed E-state index contributed by atoms with van der Waals surface area (Å²) in [6, 6.07) is 15.4. The molecule has 5 rings (SSSR count). The van der Waals surface area contributed by atoms with Crippen LogP contribution in [0.15, 0.2) is 59.8 Å². The number of aromatic nitrogens is 2. The highest BCUT2D eigenvalue weighted by Gasteiger charge is 2.37. The Kier molecular flexibility index (Phi) is 4.63. The monoisotopic (exact) mass is 419 g/mol. The molecule has 6 heteroatoms. The second-order valence-electron chi connectivity index (χ2n) is 7.73. The largest absolute Gasteiger partial charge is 0.497 e. The molecule has 2 heterocycles. The Morgan fingerprint density at radius 3 is 2.53 bits per heavy atom. The minimum atomic E-state index is -0.255. The van der Waals surface area contributed by atoms with Gasteiger partial charge in [-0.3, -0.25) is 4.79 Å². The lowest BCUT2D eigenvalue weighted by molar-refractivity contribution is -0.116. The number of benzene rings is 2. The van der Waals surface area contributed by atoms with Gasteiger partial charge < -0.3 is 10.1 Å². The number of fused-ring (bicyclic) bond motifs is 1. The van der Waals surface area contributed by atoms with Crippen LogP contribution in [0.3, 0.4) is 0 Å². The number of halogens is 1. The summed E-state index contributed by atoms with van der Waals surface area (Å²) in [6.07, 6.45) is 2.30. The number of aryl methyl sites for hydroxylation is 1. The fraction of sp³-hybridized carbons (Fsp3) is 0.250. The van der Waals surface area contributed by atoms with Gasteiger partial charge in [0.2, 0.25) is 0 Å². The van der Waals surface area contributed by atoms with Crippen molar-refractivity contribution in [2.24, 2.45) is 0 Å². The van der Waals surface area contributed by atoms with Crippen molar-refractivity contribution >= 4 is 23.2 Å². The molecule has 1 aromatic heterocycles. The molecule has 2 aromatic carbocycles. The van der Waals surface area contributed by atoms with Crippen molar-refractivity contribution in [3.63, 3.8) is 0 Å². The molecule has 1 aliphatic carbocycles. The summed E-state index contributed by atoms with van der Waals surface area (Å²) in [6.45, 7) is 2.00. The highest BCUT2D eigenvalue weighted by Crippen LogP contribution is 2.45. The first kappa shape index (κ1) is 18.9. The van der Waals surface area contributed by atoms with Crippen LogP contribution in [0.4, 0.5) is 5.82 Å². The lowest BCUT2D eigenvalue weighted by atomic mass is 9.85. The van der Waals surface area contributed by atoms with Crippen LogP contribution >= 0.6 is 11.6 Å². The maximum Gasteiger partial charge on any atom is 0.163 e. The molecule has 0 saturated heterocycles. The number of hydrogen-bond donors (Lipinski definition) is 1. The first-order chi connectivity index (χ1) is 14.6. The van der Waals surface area contributed by atoms with Gasteiger partial charge in [-0.05, 0) is 55.2 Å². The molecular weight excluding hydrogens is 398 g/mol. The average Bonchev–Trinajstić information content (AvgIpc) is 3.08. The van der Waals surface area contributed by atoms with Crippen LogP contribution in [-0.2, 0) is 4.79 Å². The quantitative estimate of drug-likeness (QED) is 0.605. The minimum Gasteiger partial charge on any atom is -0.497 e. The van der Waals surface area contributed by atoms with Gasteiger partial charge in [0.25, 0.3) is 0 Å². The second-order valence-corrected chi connectivity index (χ2v) is 8.17. The zero-order valence-electron chi connectivity index (χ0n) is 16.9. The molecular formula is C24H22ClN3O2. The number of rotatable bonds is 3. The first-order valence-corrected chi connectivity index (χ1v) is 10.5. The average molecular weight is 420 g/mol. The number of ether oxygens (including phenoxy) is 1. The van der Waals surface area contributed by atoms with Gasteiger partial charge in [-0.15, -0.1) is 0 Å². The molecule has 1 aliphatic heterocycles. The summed E-state index contributed by atoms with van der Waals surface area (Å²) in [4.78, 5) is 13.0. The second kappa shape index (κ2) is 7.33. The molecule has 0 spiro atoms. The lowest BCUT2D eigenvalue weighted by Gasteiger charge is -2.33. The number of nitrogens with zero attached hydrogens (tertiary/aromatic N) is 2. The van der Waals surface area contributed by atoms with Crippen molar-refractivity contribution in [3.8, 4) is 16.9 Å². The first-order valence-electron chi connectivity index (χ1n) is 10.1. The zero-order chi connectivity index (χ0) is 20.8. The van der Waals surface area contributed by atoms with E-state index in [9.17, 15) is 4.79 Å². The topological polar surface area (TPSA) is 56.1 Å². The van der Waals surface area contributed by atoms with E-state index in [1.54, 1.807) is 7.11 Å². The molecule has 152 valence electrons. The molecule has 5 nitrogen and oxygen atoms in total. The van der Waals surface area contributed by atoms with E-state index in [0.717, 1.165) is 58.1 Å². The number of methoxy groups -OCH3 is 1. The van der Waals surface area contributed by atoms with Gasteiger partial charge in [0, 0.05) is 28.3 Å². The van der Waals surface area contributed by atoms with E-state index >= 15 is 0 Å². The van der Waals surface area contributed by atoms with Crippen molar-refractivity contribution in [1.82, 2.24) is 9.78 Å². The van der Waals surface area contributed by atoms with Gasteiger partial charge in [0.1, 0.15) is 17.6 Å². The van der Waals surface area contributed by atoms with Gasteiger partial charge in [-0.25, -0.2) is 4.68 Å². The molecule has 30 heavy (non-hydrogen) atoms. The third-order valence-electron chi connectivity index (χ3n) is 5.89. The van der Waals surface area contributed by atoms with Crippen LogP contribution in [0.1, 0.15) is 36.6 Å². The fourth-order valence-electron chi connectivity index (χ4n) is 4.49. The van der Waals surface area contributed by atoms with Crippen LogP contribution < -0.4 is 10.1 Å². The number of nitrogens with one attached hydrogen (secondary N) is 1. The lowest BCUT2D eigenvalue weighted by Crippen LogP contribution is -2.31. The van der Waals surface area contributed by atoms with Crippen LogP contribution in [0.2, 0.25) is 5.02 Å². The van der Waals surface area contributed by atoms with E-state index in [0.29, 0.717) is 11.4 Å². The van der Waals surface area contributed by atoms with Gasteiger partial charge in [0.05, 0.1) is 12.8 Å². The third-order valence-corrected chi connectivity index (χ3v) is 6.15. The van der Waals surface area contributed by atoms with Gasteiger partial charge >= 0.3 is 0 Å². The Morgan fingerprint density at radius 2 is 1.83 bits per heavy atom. The molecule has 1 N–H and O–H groups in total. The number of allylic oxidation sites excluding steroid dienone is 2. The Hall–Kier alpha value is -3.05. The van der Waals surface area contributed by atoms with E-state index in [4.69, 9.17) is 21.4 Å². The van der Waals surface area contributed by atoms with E-state index in [-0.39, 0.29) is 11.8 Å². The molecule has 0 fully saturated rings. The van der Waals surface area contributed by atoms with Crippen molar-refractivity contribution in [2.75, 3.05) is 12.4 Å². The zero-order valence-corrected chi connectivity index (χ0v) is 17.7. The van der Waals surface area contributed by atoms with E-state index < -0.39 is 0 Å². The molecule has 2 aliphatic rings. The molecule has 1 unspecified atom stereocenters. The van der Waals surface area contributed by atoms with Crippen molar-refractivity contribution in [3.05, 3.63) is 76.1 Å². The third kappa shape index (κ3) is 3.01. The van der Waals surface area contributed by atoms with Crippen LogP contribution in [0.5, 0.6) is 5.75 Å². The Bertz CT molecular complexity index is 1160. The maximum absolute atomic E-state index is 13.0. The molecule has 1 atom stereocenters. The fourth-order valence-corrected chi connectivity index (χ4v) is 4.61. The van der Waals surface area contributed by atoms with E-state index in [1.807, 2.05) is 60.1 Å². The number of carbonyl (C=O) groups excluding carboxylic acids is 1. The highest BCUT2D eigenvalue weighted by molar-refractivity contribution is 6.30. The number of anilines is 1. The normalized spacial score (nSPS) is 18.0. The number of carbonyl (C=O) groups is 1. The van der Waals surface area contributed by atoms with Crippen molar-refractivity contribution < 1.29 is 9.53 Å².